The lowest BCUT2D eigenvalue weighted by Gasteiger charge is -2.37. The number of benzene rings is 2. The van der Waals surface area contributed by atoms with Gasteiger partial charge in [-0.1, -0.05) is 12.2 Å². The van der Waals surface area contributed by atoms with E-state index in [1.807, 2.05) is 12.2 Å². The van der Waals surface area contributed by atoms with Gasteiger partial charge in [-0.2, -0.15) is 0 Å². The zero-order valence-electron chi connectivity index (χ0n) is 13.2. The molecule has 5 rings (SSSR count). The molecule has 3 aliphatic rings. The number of allylic oxidation sites excluding steroid dienone is 2. The normalized spacial score (nSPS) is 19.1. The number of aromatic hydroxyl groups is 2. The van der Waals surface area contributed by atoms with Gasteiger partial charge in [0.2, 0.25) is 0 Å². The Morgan fingerprint density at radius 2 is 1.48 bits per heavy atom. The lowest BCUT2D eigenvalue weighted by atomic mass is 9.75. The minimum atomic E-state index is -1.12. The van der Waals surface area contributed by atoms with Gasteiger partial charge in [0.25, 0.3) is 0 Å². The summed E-state index contributed by atoms with van der Waals surface area (Å²) in [4.78, 5) is 12.6. The van der Waals surface area contributed by atoms with E-state index in [1.165, 1.54) is 12.1 Å². The van der Waals surface area contributed by atoms with Crippen LogP contribution in [0.1, 0.15) is 24.0 Å². The molecule has 1 spiro atoms. The maximum Gasteiger partial charge on any atom is 0.339 e. The maximum absolute atomic E-state index is 12.6. The fraction of sp³-hybridized carbons (Fsp3) is 0.150. The summed E-state index contributed by atoms with van der Waals surface area (Å²) in [6.45, 7) is 0. The average molecular weight is 334 g/mol. The van der Waals surface area contributed by atoms with Gasteiger partial charge >= 0.3 is 5.97 Å². The molecule has 124 valence electrons. The minimum absolute atomic E-state index is 0.0511. The van der Waals surface area contributed by atoms with Gasteiger partial charge in [-0.25, -0.2) is 4.79 Å². The van der Waals surface area contributed by atoms with Crippen LogP contribution in [-0.4, -0.2) is 16.2 Å². The summed E-state index contributed by atoms with van der Waals surface area (Å²) in [6, 6.07) is 9.51. The van der Waals surface area contributed by atoms with E-state index in [0.29, 0.717) is 28.2 Å². The van der Waals surface area contributed by atoms with E-state index in [4.69, 9.17) is 9.47 Å². The Labute approximate surface area is 143 Å². The molecule has 2 heterocycles. The Kier molecular flexibility index (Phi) is 2.64. The highest BCUT2D eigenvalue weighted by molar-refractivity contribution is 6.00. The fourth-order valence-electron chi connectivity index (χ4n) is 3.89. The van der Waals surface area contributed by atoms with E-state index in [0.717, 1.165) is 18.4 Å². The fourth-order valence-corrected chi connectivity index (χ4v) is 3.89. The monoisotopic (exact) mass is 334 g/mol. The van der Waals surface area contributed by atoms with Crippen LogP contribution >= 0.6 is 0 Å². The number of carbonyl (C=O) groups excluding carboxylic acids is 1. The first-order valence-electron chi connectivity index (χ1n) is 8.09. The summed E-state index contributed by atoms with van der Waals surface area (Å²) in [7, 11) is 0. The summed E-state index contributed by atoms with van der Waals surface area (Å²) >= 11 is 0. The van der Waals surface area contributed by atoms with E-state index in [9.17, 15) is 15.0 Å². The molecule has 0 unspecified atom stereocenters. The molecule has 0 aromatic heterocycles. The molecule has 1 saturated heterocycles. The number of phenols is 2. The average Bonchev–Trinajstić information content (AvgIpc) is 2.88. The zero-order valence-corrected chi connectivity index (χ0v) is 13.2. The Morgan fingerprint density at radius 3 is 2.12 bits per heavy atom. The lowest BCUT2D eigenvalue weighted by molar-refractivity contribution is -0.143. The number of esters is 1. The highest BCUT2D eigenvalue weighted by atomic mass is 16.6. The summed E-state index contributed by atoms with van der Waals surface area (Å²) < 4.78 is 11.8. The molecule has 1 fully saturated rings. The van der Waals surface area contributed by atoms with Gasteiger partial charge in [-0.05, 0) is 37.1 Å². The smallest absolute Gasteiger partial charge is 0.339 e. The van der Waals surface area contributed by atoms with Gasteiger partial charge in [0.15, 0.2) is 5.60 Å². The van der Waals surface area contributed by atoms with Crippen molar-refractivity contribution in [2.45, 2.75) is 18.4 Å². The van der Waals surface area contributed by atoms with Crippen LogP contribution in [0, 0.1) is 0 Å². The van der Waals surface area contributed by atoms with E-state index in [-0.39, 0.29) is 17.5 Å². The first kappa shape index (κ1) is 14.2. The van der Waals surface area contributed by atoms with Gasteiger partial charge in [-0.3, -0.25) is 0 Å². The molecule has 1 aliphatic carbocycles. The third-order valence-electron chi connectivity index (χ3n) is 4.91. The number of rotatable bonds is 0. The topological polar surface area (TPSA) is 76.0 Å². The van der Waals surface area contributed by atoms with Gasteiger partial charge in [0.1, 0.15) is 23.0 Å². The Bertz CT molecular complexity index is 948. The molecule has 0 atom stereocenters. The maximum atomic E-state index is 12.6. The van der Waals surface area contributed by atoms with Crippen molar-refractivity contribution in [3.05, 3.63) is 70.8 Å². The number of hydrogen-bond donors (Lipinski definition) is 2. The minimum Gasteiger partial charge on any atom is -0.508 e. The van der Waals surface area contributed by atoms with Crippen LogP contribution in [0.5, 0.6) is 23.0 Å². The van der Waals surface area contributed by atoms with Gasteiger partial charge in [-0.15, -0.1) is 0 Å². The van der Waals surface area contributed by atoms with Crippen molar-refractivity contribution >= 4 is 5.97 Å². The van der Waals surface area contributed by atoms with Crippen LogP contribution in [0.3, 0.4) is 0 Å². The summed E-state index contributed by atoms with van der Waals surface area (Å²) in [6.07, 6.45) is 5.55. The van der Waals surface area contributed by atoms with Crippen LogP contribution in [0.15, 0.2) is 59.7 Å². The Morgan fingerprint density at radius 1 is 0.880 bits per heavy atom. The first-order chi connectivity index (χ1) is 12.1. The van der Waals surface area contributed by atoms with Crippen molar-refractivity contribution in [3.63, 3.8) is 0 Å². The number of carbonyl (C=O) groups is 1. The zero-order chi connectivity index (χ0) is 17.2. The van der Waals surface area contributed by atoms with Crippen LogP contribution in [0.2, 0.25) is 0 Å². The highest BCUT2D eigenvalue weighted by Crippen LogP contribution is 2.58. The van der Waals surface area contributed by atoms with Crippen LogP contribution in [-0.2, 0) is 15.1 Å². The molecular formula is C20H14O5. The van der Waals surface area contributed by atoms with E-state index in [2.05, 4.69) is 0 Å². The highest BCUT2D eigenvalue weighted by Gasteiger charge is 2.55. The van der Waals surface area contributed by atoms with E-state index < -0.39 is 5.60 Å². The molecule has 5 nitrogen and oxygen atoms in total. The predicted molar refractivity (Wildman–Crippen MR) is 88.6 cm³/mol. The molecule has 0 saturated carbocycles. The van der Waals surface area contributed by atoms with Crippen LogP contribution in [0.25, 0.3) is 0 Å². The number of ether oxygens (including phenoxy) is 2. The van der Waals surface area contributed by atoms with Crippen molar-refractivity contribution in [3.8, 4) is 23.0 Å². The Hall–Kier alpha value is -3.21. The molecule has 0 radical (unpaired) electrons. The molecule has 0 amide bonds. The standard InChI is InChI=1S/C20H14O5/c21-11-5-7-15-17(9-11)24-18-10-12(22)6-8-16(18)20(15)14-4-2-1-3-13(14)19(23)25-20/h3-10,21-22H,1-2H2. The molecule has 2 aromatic rings. The molecule has 2 aromatic carbocycles. The van der Waals surface area contributed by atoms with Crippen LogP contribution < -0.4 is 4.74 Å². The SMILES string of the molecule is O=C1OC2(C3=CCCC=C13)c1ccc(O)cc1Oc1cc(O)ccc12. The quantitative estimate of drug-likeness (QED) is 0.719. The number of hydrogen-bond acceptors (Lipinski definition) is 5. The third-order valence-corrected chi connectivity index (χ3v) is 4.91. The second-order valence-corrected chi connectivity index (χ2v) is 6.35. The second kappa shape index (κ2) is 4.66. The van der Waals surface area contributed by atoms with Crippen LogP contribution in [0.4, 0.5) is 0 Å². The second-order valence-electron chi connectivity index (χ2n) is 6.35. The first-order valence-corrected chi connectivity index (χ1v) is 8.09. The van der Waals surface area contributed by atoms with Crippen molar-refractivity contribution in [1.29, 1.82) is 0 Å². The van der Waals surface area contributed by atoms with Gasteiger partial charge in [0, 0.05) is 28.8 Å². The van der Waals surface area contributed by atoms with Crippen molar-refractivity contribution in [2.75, 3.05) is 0 Å². The molecule has 2 N–H and O–H groups in total. The Balaban J connectivity index is 1.87. The lowest BCUT2D eigenvalue weighted by Crippen LogP contribution is -2.32. The summed E-state index contributed by atoms with van der Waals surface area (Å²) in [5.41, 5.74) is 1.58. The molecule has 5 heteroatoms. The number of fused-ring (bicyclic) bond motifs is 6. The van der Waals surface area contributed by atoms with Crippen molar-refractivity contribution in [1.82, 2.24) is 0 Å². The van der Waals surface area contributed by atoms with Crippen molar-refractivity contribution < 1.29 is 24.5 Å². The summed E-state index contributed by atoms with van der Waals surface area (Å²) in [5, 5.41) is 19.7. The molecule has 25 heavy (non-hydrogen) atoms. The molecular weight excluding hydrogens is 320 g/mol. The number of phenolic OH excluding ortho intramolecular Hbond substituents is 2. The largest absolute Gasteiger partial charge is 0.508 e. The molecule has 0 bridgehead atoms. The summed E-state index contributed by atoms with van der Waals surface area (Å²) in [5.74, 6) is 0.536. The van der Waals surface area contributed by atoms with Gasteiger partial charge < -0.3 is 19.7 Å². The van der Waals surface area contributed by atoms with E-state index in [1.54, 1.807) is 24.3 Å². The molecule has 2 aliphatic heterocycles. The predicted octanol–water partition coefficient (Wildman–Crippen LogP) is 3.65. The van der Waals surface area contributed by atoms with E-state index >= 15 is 0 Å². The van der Waals surface area contributed by atoms with Crippen molar-refractivity contribution in [2.24, 2.45) is 0 Å². The van der Waals surface area contributed by atoms with Gasteiger partial charge in [0.05, 0.1) is 5.57 Å². The third kappa shape index (κ3) is 1.75.